The molecule has 1 N–H and O–H groups in total. The van der Waals surface area contributed by atoms with Crippen LogP contribution in [0.25, 0.3) is 0 Å². The van der Waals surface area contributed by atoms with Gasteiger partial charge in [-0.25, -0.2) is 9.97 Å². The van der Waals surface area contributed by atoms with Crippen molar-refractivity contribution in [2.75, 3.05) is 24.7 Å². The minimum Gasteiger partial charge on any atom is -0.481 e. The van der Waals surface area contributed by atoms with Crippen LogP contribution in [0.15, 0.2) is 12.4 Å². The molecule has 0 radical (unpaired) electrons. The molecule has 0 saturated carbocycles. The predicted molar refractivity (Wildman–Crippen MR) is 74.8 cm³/mol. The molecule has 1 aliphatic rings. The molecule has 0 amide bonds. The van der Waals surface area contributed by atoms with Crippen LogP contribution in [0.2, 0.25) is 0 Å². The van der Waals surface area contributed by atoms with E-state index < -0.39 is 11.9 Å². The Morgan fingerprint density at radius 2 is 2.25 bits per heavy atom. The van der Waals surface area contributed by atoms with Gasteiger partial charge in [-0.2, -0.15) is 0 Å². The van der Waals surface area contributed by atoms with E-state index in [1.54, 1.807) is 6.33 Å². The molecule has 1 aliphatic heterocycles. The summed E-state index contributed by atoms with van der Waals surface area (Å²) in [5.41, 5.74) is 0.988. The van der Waals surface area contributed by atoms with Gasteiger partial charge >= 0.3 is 5.97 Å². The highest BCUT2D eigenvalue weighted by Gasteiger charge is 2.38. The highest BCUT2D eigenvalue weighted by molar-refractivity contribution is 5.72. The first-order chi connectivity index (χ1) is 9.67. The fraction of sp³-hybridized carbons (Fsp3) is 0.643. The van der Waals surface area contributed by atoms with Crippen molar-refractivity contribution in [3.05, 3.63) is 18.1 Å². The lowest BCUT2D eigenvalue weighted by atomic mass is 10.0. The van der Waals surface area contributed by atoms with E-state index in [9.17, 15) is 9.90 Å². The monoisotopic (exact) mass is 279 g/mol. The number of hydrogen-bond donors (Lipinski definition) is 1. The second kappa shape index (κ2) is 6.65. The molecule has 1 aromatic heterocycles. The van der Waals surface area contributed by atoms with Crippen LogP contribution >= 0.6 is 0 Å². The summed E-state index contributed by atoms with van der Waals surface area (Å²) in [4.78, 5) is 21.8. The van der Waals surface area contributed by atoms with E-state index in [2.05, 4.69) is 16.9 Å². The van der Waals surface area contributed by atoms with Gasteiger partial charge in [-0.3, -0.25) is 4.79 Å². The molecule has 1 fully saturated rings. The van der Waals surface area contributed by atoms with Crippen molar-refractivity contribution in [2.45, 2.75) is 32.7 Å². The highest BCUT2D eigenvalue weighted by atomic mass is 16.5. The highest BCUT2D eigenvalue weighted by Crippen LogP contribution is 2.24. The Morgan fingerprint density at radius 1 is 1.45 bits per heavy atom. The lowest BCUT2D eigenvalue weighted by Crippen LogP contribution is -2.43. The second-order valence-corrected chi connectivity index (χ2v) is 4.95. The van der Waals surface area contributed by atoms with Crippen molar-refractivity contribution in [2.24, 2.45) is 5.92 Å². The first kappa shape index (κ1) is 14.7. The summed E-state index contributed by atoms with van der Waals surface area (Å²) < 4.78 is 5.35. The molecule has 2 atom stereocenters. The van der Waals surface area contributed by atoms with Gasteiger partial charge in [-0.05, 0) is 13.3 Å². The minimum absolute atomic E-state index is 0.165. The van der Waals surface area contributed by atoms with Gasteiger partial charge in [0, 0.05) is 18.3 Å². The quantitative estimate of drug-likeness (QED) is 0.847. The average molecular weight is 279 g/mol. The van der Waals surface area contributed by atoms with Crippen LogP contribution in [0.4, 0.5) is 5.82 Å². The summed E-state index contributed by atoms with van der Waals surface area (Å²) >= 11 is 0. The number of carboxylic acid groups (broad SMARTS) is 1. The second-order valence-electron chi connectivity index (χ2n) is 4.95. The molecular formula is C14H21N3O3. The van der Waals surface area contributed by atoms with Gasteiger partial charge in [0.25, 0.3) is 0 Å². The molecule has 20 heavy (non-hydrogen) atoms. The van der Waals surface area contributed by atoms with Gasteiger partial charge < -0.3 is 14.7 Å². The maximum atomic E-state index is 11.3. The van der Waals surface area contributed by atoms with Crippen LogP contribution < -0.4 is 4.90 Å². The zero-order valence-electron chi connectivity index (χ0n) is 12.0. The minimum atomic E-state index is -0.811. The standard InChI is InChI=1S/C14H21N3O3/c1-3-5-10-6-13(16-9-15-10)17(4-2)12-8-20-7-11(12)14(18)19/h6,9,11-12H,3-5,7-8H2,1-2H3,(H,18,19). The van der Waals surface area contributed by atoms with Gasteiger partial charge in [0.15, 0.2) is 0 Å². The largest absolute Gasteiger partial charge is 0.481 e. The van der Waals surface area contributed by atoms with E-state index in [1.807, 2.05) is 17.9 Å². The molecule has 0 bridgehead atoms. The van der Waals surface area contributed by atoms with Gasteiger partial charge in [-0.1, -0.05) is 13.3 Å². The molecule has 6 heteroatoms. The molecule has 2 rings (SSSR count). The average Bonchev–Trinajstić information content (AvgIpc) is 2.90. The number of hydrogen-bond acceptors (Lipinski definition) is 5. The van der Waals surface area contributed by atoms with E-state index in [4.69, 9.17) is 4.74 Å². The number of nitrogens with zero attached hydrogens (tertiary/aromatic N) is 3. The summed E-state index contributed by atoms with van der Waals surface area (Å²) in [6.45, 7) is 5.49. The number of aryl methyl sites for hydroxylation is 1. The molecule has 0 spiro atoms. The summed E-state index contributed by atoms with van der Waals surface area (Å²) in [6, 6.07) is 1.78. The van der Waals surface area contributed by atoms with Crippen LogP contribution in [0.1, 0.15) is 26.0 Å². The van der Waals surface area contributed by atoms with Crippen LogP contribution in [0.3, 0.4) is 0 Å². The van der Waals surface area contributed by atoms with Crippen LogP contribution in [0, 0.1) is 5.92 Å². The number of likely N-dealkylation sites (N-methyl/N-ethyl adjacent to an activating group) is 1. The molecule has 6 nitrogen and oxygen atoms in total. The number of aromatic nitrogens is 2. The molecule has 110 valence electrons. The van der Waals surface area contributed by atoms with E-state index in [1.165, 1.54) is 0 Å². The summed E-state index contributed by atoms with van der Waals surface area (Å²) in [7, 11) is 0. The van der Waals surface area contributed by atoms with Crippen LogP contribution in [-0.2, 0) is 16.0 Å². The number of carbonyl (C=O) groups is 1. The zero-order chi connectivity index (χ0) is 14.5. The first-order valence-corrected chi connectivity index (χ1v) is 7.05. The van der Waals surface area contributed by atoms with E-state index in [0.717, 1.165) is 24.4 Å². The predicted octanol–water partition coefficient (Wildman–Crippen LogP) is 1.35. The smallest absolute Gasteiger partial charge is 0.311 e. The SMILES string of the molecule is CCCc1cc(N(CC)C2COCC2C(=O)O)ncn1. The van der Waals surface area contributed by atoms with E-state index in [0.29, 0.717) is 13.2 Å². The fourth-order valence-corrected chi connectivity index (χ4v) is 2.59. The number of aliphatic carboxylic acids is 1. The van der Waals surface area contributed by atoms with Gasteiger partial charge in [0.2, 0.25) is 0 Å². The molecule has 0 aliphatic carbocycles. The van der Waals surface area contributed by atoms with Gasteiger partial charge in [0.05, 0.1) is 19.3 Å². The fourth-order valence-electron chi connectivity index (χ4n) is 2.59. The summed E-state index contributed by atoms with van der Waals surface area (Å²) in [5, 5.41) is 9.27. The number of carboxylic acids is 1. The molecule has 0 aromatic carbocycles. The Hall–Kier alpha value is -1.69. The number of anilines is 1. The summed E-state index contributed by atoms with van der Waals surface area (Å²) in [6.07, 6.45) is 3.47. The maximum Gasteiger partial charge on any atom is 0.311 e. The van der Waals surface area contributed by atoms with Crippen LogP contribution in [0.5, 0.6) is 0 Å². The van der Waals surface area contributed by atoms with Crippen molar-refractivity contribution in [1.82, 2.24) is 9.97 Å². The third-order valence-electron chi connectivity index (χ3n) is 3.62. The molecule has 2 heterocycles. The topological polar surface area (TPSA) is 75.5 Å². The van der Waals surface area contributed by atoms with Gasteiger partial charge in [0.1, 0.15) is 18.1 Å². The third-order valence-corrected chi connectivity index (χ3v) is 3.62. The van der Waals surface area contributed by atoms with Crippen molar-refractivity contribution in [3.8, 4) is 0 Å². The van der Waals surface area contributed by atoms with Crippen molar-refractivity contribution < 1.29 is 14.6 Å². The normalized spacial score (nSPS) is 21.9. The number of rotatable bonds is 6. The lowest BCUT2D eigenvalue weighted by molar-refractivity contribution is -0.141. The van der Waals surface area contributed by atoms with Crippen molar-refractivity contribution in [3.63, 3.8) is 0 Å². The Bertz CT molecular complexity index is 467. The van der Waals surface area contributed by atoms with Crippen molar-refractivity contribution in [1.29, 1.82) is 0 Å². The zero-order valence-corrected chi connectivity index (χ0v) is 12.0. The van der Waals surface area contributed by atoms with Gasteiger partial charge in [-0.15, -0.1) is 0 Å². The van der Waals surface area contributed by atoms with Crippen LogP contribution in [-0.4, -0.2) is 46.8 Å². The molecular weight excluding hydrogens is 258 g/mol. The number of ether oxygens (including phenoxy) is 1. The Morgan fingerprint density at radius 3 is 2.90 bits per heavy atom. The first-order valence-electron chi connectivity index (χ1n) is 7.05. The Kier molecular flexibility index (Phi) is 4.89. The Balaban J connectivity index is 2.23. The van der Waals surface area contributed by atoms with E-state index in [-0.39, 0.29) is 12.6 Å². The molecule has 1 saturated heterocycles. The summed E-state index contributed by atoms with van der Waals surface area (Å²) in [5.74, 6) is -0.527. The Labute approximate surface area is 118 Å². The maximum absolute atomic E-state index is 11.3. The molecule has 2 unspecified atom stereocenters. The molecule has 1 aromatic rings. The van der Waals surface area contributed by atoms with E-state index >= 15 is 0 Å². The lowest BCUT2D eigenvalue weighted by Gasteiger charge is -2.30. The third kappa shape index (κ3) is 3.07. The van der Waals surface area contributed by atoms with Crippen molar-refractivity contribution >= 4 is 11.8 Å².